The fraction of sp³-hybridized carbons (Fsp3) is 0.500. The van der Waals surface area contributed by atoms with Crippen molar-refractivity contribution in [1.29, 1.82) is 0 Å². The second kappa shape index (κ2) is 3.05. The molecule has 0 heterocycles. The summed E-state index contributed by atoms with van der Waals surface area (Å²) in [4.78, 5) is 9.45. The van der Waals surface area contributed by atoms with Crippen LogP contribution >= 0.6 is 0 Å². The van der Waals surface area contributed by atoms with Gasteiger partial charge in [0.15, 0.2) is 4.65 Å². The van der Waals surface area contributed by atoms with Crippen LogP contribution in [0.5, 0.6) is 0 Å². The van der Waals surface area contributed by atoms with Crippen LogP contribution in [-0.2, 0) is 4.79 Å². The molecule has 7 heavy (non-hydrogen) atoms. The Morgan fingerprint density at radius 1 is 1.57 bits per heavy atom. The lowest BCUT2D eigenvalue weighted by Gasteiger charge is -1.78. The Hall–Kier alpha value is -0.00753. The number of hydrogen-bond acceptors (Lipinski definition) is 1. The first-order chi connectivity index (χ1) is 3.18. The van der Waals surface area contributed by atoms with Crippen molar-refractivity contribution in [3.05, 3.63) is 0 Å². The van der Waals surface area contributed by atoms with Gasteiger partial charge in [-0.15, -0.1) is 0 Å². The molecule has 0 atom stereocenters. The second-order valence-electron chi connectivity index (χ2n) is 0.901. The molecule has 0 aromatic carbocycles. The van der Waals surface area contributed by atoms with Crippen molar-refractivity contribution in [3.63, 3.8) is 0 Å². The van der Waals surface area contributed by atoms with Gasteiger partial charge in [0.1, 0.15) is 6.67 Å². The fourth-order valence-corrected chi connectivity index (χ4v) is 0.175. The van der Waals surface area contributed by atoms with Gasteiger partial charge in [-0.3, -0.25) is 0 Å². The zero-order valence-corrected chi connectivity index (χ0v) is 4.48. The maximum atomic E-state index is 11.0. The van der Waals surface area contributed by atoms with Crippen LogP contribution in [0, 0.1) is 0 Å². The van der Waals surface area contributed by atoms with Crippen LogP contribution in [-0.4, -0.2) is 26.4 Å². The molecule has 1 nitrogen and oxygen atoms in total. The van der Waals surface area contributed by atoms with Crippen molar-refractivity contribution in [2.45, 2.75) is 0 Å². The lowest BCUT2D eigenvalue weighted by atomic mass is 10.9. The van der Waals surface area contributed by atoms with E-state index in [0.717, 1.165) is 0 Å². The molecule has 5 heteroatoms. The van der Waals surface area contributed by atoms with E-state index in [4.69, 9.17) is 0 Å². The number of carbonyl (C=O) groups is 1. The SMILES string of the molecule is O=[C](CF)[Al]([F])[F]. The number of carbonyl (C=O) groups excluding carboxylic acids is 1. The Morgan fingerprint density at radius 3 is 2.00 bits per heavy atom. The molecule has 0 aliphatic heterocycles. The summed E-state index contributed by atoms with van der Waals surface area (Å²) in [6, 6.07) is 0. The topological polar surface area (TPSA) is 17.1 Å². The van der Waals surface area contributed by atoms with Gasteiger partial charge in [-0.05, 0) is 0 Å². The monoisotopic (exact) mass is 126 g/mol. The highest BCUT2D eigenvalue weighted by molar-refractivity contribution is 6.79. The summed E-state index contributed by atoms with van der Waals surface area (Å²) >= 11 is -4.28. The Labute approximate surface area is 43.5 Å². The van der Waals surface area contributed by atoms with Crippen molar-refractivity contribution in [3.8, 4) is 0 Å². The summed E-state index contributed by atoms with van der Waals surface area (Å²) in [5.41, 5.74) is 0. The summed E-state index contributed by atoms with van der Waals surface area (Å²) in [6.07, 6.45) is 0. The molecular formula is C2H2AlF3O. The van der Waals surface area contributed by atoms with E-state index in [9.17, 15) is 16.2 Å². The molecule has 0 aliphatic rings. The average Bonchev–Trinajstić information content (AvgIpc) is 1.65. The number of halogens is 3. The minimum Gasteiger partial charge on any atom is -0.369 e. The van der Waals surface area contributed by atoms with Gasteiger partial charge in [-0.2, -0.15) is 0 Å². The summed E-state index contributed by atoms with van der Waals surface area (Å²) in [6.45, 7) is -1.51. The first kappa shape index (κ1) is 6.99. The van der Waals surface area contributed by atoms with Gasteiger partial charge in [0.05, 0.1) is 0 Å². The van der Waals surface area contributed by atoms with Crippen LogP contribution in [0.3, 0.4) is 0 Å². The van der Waals surface area contributed by atoms with E-state index >= 15 is 0 Å². The third kappa shape index (κ3) is 2.66. The van der Waals surface area contributed by atoms with Gasteiger partial charge < -0.3 is 11.8 Å². The maximum absolute atomic E-state index is 11.0. The van der Waals surface area contributed by atoms with Crippen molar-refractivity contribution in [2.75, 3.05) is 6.67 Å². The van der Waals surface area contributed by atoms with Crippen molar-refractivity contribution >= 4 is 19.7 Å². The van der Waals surface area contributed by atoms with Crippen LogP contribution in [0.4, 0.5) is 11.4 Å². The predicted molar refractivity (Wildman–Crippen MR) is 19.0 cm³/mol. The highest BCUT2D eigenvalue weighted by Gasteiger charge is 2.31. The van der Waals surface area contributed by atoms with Gasteiger partial charge in [0.25, 0.3) is 0 Å². The minimum atomic E-state index is -4.28. The maximum Gasteiger partial charge on any atom is 0.844 e. The largest absolute Gasteiger partial charge is 0.844 e. The molecule has 0 spiro atoms. The zero-order chi connectivity index (χ0) is 5.86. The van der Waals surface area contributed by atoms with Crippen LogP contribution < -0.4 is 0 Å². The third-order valence-corrected chi connectivity index (χ3v) is 1.02. The molecule has 0 rings (SSSR count). The molecule has 0 saturated heterocycles. The van der Waals surface area contributed by atoms with Crippen molar-refractivity contribution in [1.82, 2.24) is 0 Å². The molecule has 0 saturated carbocycles. The van der Waals surface area contributed by atoms with Crippen LogP contribution in [0.15, 0.2) is 0 Å². The minimum absolute atomic E-state index is 1.51. The van der Waals surface area contributed by atoms with Crippen LogP contribution in [0.25, 0.3) is 0 Å². The lowest BCUT2D eigenvalue weighted by Crippen LogP contribution is -2.16. The molecule has 0 N–H and O–H groups in total. The molecule has 0 bridgehead atoms. The van der Waals surface area contributed by atoms with Crippen LogP contribution in [0.1, 0.15) is 0 Å². The Kier molecular flexibility index (Phi) is 3.05. The summed E-state index contributed by atoms with van der Waals surface area (Å²) in [7, 11) is 0. The average molecular weight is 126 g/mol. The molecule has 0 amide bonds. The molecule has 0 aromatic heterocycles. The molecule has 40 valence electrons. The Balaban J connectivity index is 3.35. The Morgan fingerprint density at radius 2 is 2.00 bits per heavy atom. The molecular weight excluding hydrogens is 124 g/mol. The van der Waals surface area contributed by atoms with Gasteiger partial charge in [-0.1, -0.05) is 0 Å². The highest BCUT2D eigenvalue weighted by Crippen LogP contribution is 1.87. The molecule has 0 aromatic rings. The fourth-order valence-electron chi connectivity index (χ4n) is 0.0583. The molecule has 0 unspecified atom stereocenters. The van der Waals surface area contributed by atoms with Crippen LogP contribution in [0.2, 0.25) is 0 Å². The van der Waals surface area contributed by atoms with Crippen molar-refractivity contribution < 1.29 is 16.2 Å². The summed E-state index contributed by atoms with van der Waals surface area (Å²) < 4.78 is 31.3. The number of alkyl halides is 1. The van der Waals surface area contributed by atoms with Gasteiger partial charge in [0.2, 0.25) is 0 Å². The van der Waals surface area contributed by atoms with E-state index in [-0.39, 0.29) is 0 Å². The van der Waals surface area contributed by atoms with Gasteiger partial charge in [0, 0.05) is 0 Å². The quantitative estimate of drug-likeness (QED) is 0.492. The molecule has 0 aliphatic carbocycles. The van der Waals surface area contributed by atoms with E-state index in [1.54, 1.807) is 0 Å². The first-order valence-electron chi connectivity index (χ1n) is 1.55. The first-order valence-corrected chi connectivity index (χ1v) is 3.00. The summed E-state index contributed by atoms with van der Waals surface area (Å²) in [5.74, 6) is 0. The van der Waals surface area contributed by atoms with E-state index in [1.807, 2.05) is 0 Å². The normalized spacial score (nSPS) is 8.43. The predicted octanol–water partition coefficient (Wildman–Crippen LogP) is 0.491. The second-order valence-corrected chi connectivity index (χ2v) is 2.15. The summed E-state index contributed by atoms with van der Waals surface area (Å²) in [5, 5.41) is 0. The third-order valence-electron chi connectivity index (χ3n) is 0.375. The van der Waals surface area contributed by atoms with E-state index in [1.165, 1.54) is 0 Å². The zero-order valence-electron chi connectivity index (χ0n) is 3.33. The highest BCUT2D eigenvalue weighted by atomic mass is 27.3. The van der Waals surface area contributed by atoms with E-state index in [0.29, 0.717) is 0 Å². The van der Waals surface area contributed by atoms with Gasteiger partial charge in [-0.25, -0.2) is 4.39 Å². The molecule has 0 fully saturated rings. The smallest absolute Gasteiger partial charge is 0.369 e. The molecule has 0 radical (unpaired) electrons. The van der Waals surface area contributed by atoms with E-state index in [2.05, 4.69) is 0 Å². The number of rotatable bonds is 2. The van der Waals surface area contributed by atoms with E-state index < -0.39 is 26.4 Å². The van der Waals surface area contributed by atoms with Gasteiger partial charge >= 0.3 is 15.1 Å². The number of hydrogen-bond donors (Lipinski definition) is 0. The standard InChI is InChI=1S/C2H2FO.Al.2FH/c3-1-2-4;;;/h1H2;;2*1H/q;+2;;/p-2. The lowest BCUT2D eigenvalue weighted by molar-refractivity contribution is -0.114. The van der Waals surface area contributed by atoms with Crippen molar-refractivity contribution in [2.24, 2.45) is 0 Å². The Bertz CT molecular complexity index is 73.3.